The van der Waals surface area contributed by atoms with E-state index in [0.717, 1.165) is 0 Å². The Bertz CT molecular complexity index is 266. The van der Waals surface area contributed by atoms with Gasteiger partial charge in [-0.3, -0.25) is 9.59 Å². The standard InChI is InChI=1S/C4H9NO4.C4H6O4/c5-3(4(8)9)2(7)1-6;5-2-1-3(6)4(7)8/h2-3,6-7H,1,5H2,(H,8,9);5H,1-2H2,(H,7,8). The Morgan fingerprint density at radius 1 is 1.12 bits per heavy atom. The van der Waals surface area contributed by atoms with Crippen molar-refractivity contribution in [3.05, 3.63) is 0 Å². The molecule has 0 radical (unpaired) electrons. The average molecular weight is 253 g/mol. The normalized spacial score (nSPS) is 12.9. The Kier molecular flexibility index (Phi) is 10.1. The topological polar surface area (TPSA) is 178 Å². The van der Waals surface area contributed by atoms with E-state index < -0.39 is 43.1 Å². The van der Waals surface area contributed by atoms with Crippen LogP contribution in [0.4, 0.5) is 0 Å². The number of nitrogens with two attached hydrogens (primary N) is 1. The Hall–Kier alpha value is -1.55. The number of hydrogen-bond donors (Lipinski definition) is 6. The Balaban J connectivity index is 0. The molecule has 0 spiro atoms. The molecule has 0 aliphatic rings. The van der Waals surface area contributed by atoms with Crippen LogP contribution in [0.3, 0.4) is 0 Å². The number of Topliss-reactive ketones (excluding diaryl/α,β-unsaturated/α-hetero) is 1. The Labute approximate surface area is 96.1 Å². The van der Waals surface area contributed by atoms with Crippen molar-refractivity contribution in [3.63, 3.8) is 0 Å². The number of hydrogen-bond acceptors (Lipinski definition) is 7. The lowest BCUT2D eigenvalue weighted by Gasteiger charge is -2.10. The van der Waals surface area contributed by atoms with Crippen molar-refractivity contribution in [2.75, 3.05) is 13.2 Å². The van der Waals surface area contributed by atoms with Gasteiger partial charge in [0.05, 0.1) is 13.2 Å². The van der Waals surface area contributed by atoms with E-state index >= 15 is 0 Å². The molecule has 9 nitrogen and oxygen atoms in total. The molecule has 0 aromatic heterocycles. The van der Waals surface area contributed by atoms with Crippen LogP contribution < -0.4 is 5.73 Å². The summed E-state index contributed by atoms with van der Waals surface area (Å²) in [6, 6.07) is -1.39. The molecule has 0 aliphatic carbocycles. The number of carboxylic acid groups (broad SMARTS) is 2. The molecule has 0 aromatic rings. The van der Waals surface area contributed by atoms with E-state index in [2.05, 4.69) is 0 Å². The van der Waals surface area contributed by atoms with Gasteiger partial charge in [0.1, 0.15) is 12.1 Å². The summed E-state index contributed by atoms with van der Waals surface area (Å²) < 4.78 is 0. The summed E-state index contributed by atoms with van der Waals surface area (Å²) in [5.41, 5.74) is 4.86. The summed E-state index contributed by atoms with van der Waals surface area (Å²) >= 11 is 0. The number of carbonyl (C=O) groups excluding carboxylic acids is 1. The van der Waals surface area contributed by atoms with Gasteiger partial charge in [-0.05, 0) is 0 Å². The van der Waals surface area contributed by atoms with Crippen LogP contribution in [-0.2, 0) is 14.4 Å². The first kappa shape index (κ1) is 17.8. The summed E-state index contributed by atoms with van der Waals surface area (Å²) in [7, 11) is 0. The zero-order valence-corrected chi connectivity index (χ0v) is 8.81. The summed E-state index contributed by atoms with van der Waals surface area (Å²) in [6.07, 6.45) is -1.67. The highest BCUT2D eigenvalue weighted by atomic mass is 16.4. The Morgan fingerprint density at radius 2 is 1.59 bits per heavy atom. The van der Waals surface area contributed by atoms with Crippen LogP contribution in [-0.4, -0.2) is 68.6 Å². The molecule has 7 N–H and O–H groups in total. The summed E-state index contributed by atoms with van der Waals surface area (Å²) in [5, 5.41) is 40.6. The van der Waals surface area contributed by atoms with Gasteiger partial charge in [-0.15, -0.1) is 0 Å². The molecule has 0 fully saturated rings. The predicted octanol–water partition coefficient (Wildman–Crippen LogP) is -3.23. The number of aliphatic hydroxyl groups is 3. The first-order valence-corrected chi connectivity index (χ1v) is 4.42. The van der Waals surface area contributed by atoms with E-state index in [1.165, 1.54) is 0 Å². The monoisotopic (exact) mass is 253 g/mol. The molecule has 0 amide bonds. The molecule has 100 valence electrons. The molecule has 2 unspecified atom stereocenters. The quantitative estimate of drug-likeness (QED) is 0.265. The lowest BCUT2D eigenvalue weighted by Crippen LogP contribution is -2.43. The average Bonchev–Trinajstić information content (AvgIpc) is 2.27. The van der Waals surface area contributed by atoms with Crippen LogP contribution in [0.2, 0.25) is 0 Å². The Morgan fingerprint density at radius 3 is 1.71 bits per heavy atom. The van der Waals surface area contributed by atoms with E-state index in [4.69, 9.17) is 31.3 Å². The predicted molar refractivity (Wildman–Crippen MR) is 53.0 cm³/mol. The summed E-state index contributed by atoms with van der Waals surface area (Å²) in [6.45, 7) is -1.03. The molecule has 0 rings (SSSR count). The van der Waals surface area contributed by atoms with Crippen molar-refractivity contribution in [1.82, 2.24) is 0 Å². The van der Waals surface area contributed by atoms with Crippen molar-refractivity contribution in [1.29, 1.82) is 0 Å². The maximum Gasteiger partial charge on any atom is 0.372 e. The number of aliphatic hydroxyl groups excluding tert-OH is 3. The number of aliphatic carboxylic acids is 2. The fourth-order valence-electron chi connectivity index (χ4n) is 0.487. The molecule has 17 heavy (non-hydrogen) atoms. The smallest absolute Gasteiger partial charge is 0.372 e. The highest BCUT2D eigenvalue weighted by molar-refractivity contribution is 6.32. The maximum absolute atomic E-state index is 9.98. The van der Waals surface area contributed by atoms with Crippen LogP contribution in [0, 0.1) is 0 Å². The van der Waals surface area contributed by atoms with E-state index in [0.29, 0.717) is 0 Å². The molecule has 0 aromatic carbocycles. The first-order chi connectivity index (χ1) is 7.77. The lowest BCUT2D eigenvalue weighted by molar-refractivity contribution is -0.149. The first-order valence-electron chi connectivity index (χ1n) is 4.42. The highest BCUT2D eigenvalue weighted by Crippen LogP contribution is 1.87. The molecular weight excluding hydrogens is 238 g/mol. The second kappa shape index (κ2) is 9.66. The third-order valence-electron chi connectivity index (χ3n) is 1.46. The van der Waals surface area contributed by atoms with Gasteiger partial charge in [-0.25, -0.2) is 4.79 Å². The van der Waals surface area contributed by atoms with Crippen molar-refractivity contribution in [3.8, 4) is 0 Å². The minimum atomic E-state index is -1.49. The summed E-state index contributed by atoms with van der Waals surface area (Å²) in [5.74, 6) is -3.76. The lowest BCUT2D eigenvalue weighted by atomic mass is 10.2. The number of rotatable bonds is 6. The largest absolute Gasteiger partial charge is 0.480 e. The fourth-order valence-corrected chi connectivity index (χ4v) is 0.487. The molecule has 2 atom stereocenters. The van der Waals surface area contributed by atoms with Crippen LogP contribution in [0.1, 0.15) is 6.42 Å². The van der Waals surface area contributed by atoms with E-state index in [1.807, 2.05) is 0 Å². The molecule has 0 aliphatic heterocycles. The van der Waals surface area contributed by atoms with E-state index in [9.17, 15) is 14.4 Å². The minimum absolute atomic E-state index is 0.296. The van der Waals surface area contributed by atoms with Gasteiger partial charge in [0.2, 0.25) is 5.78 Å². The van der Waals surface area contributed by atoms with Gasteiger partial charge in [0.25, 0.3) is 0 Å². The second-order valence-electron chi connectivity index (χ2n) is 2.82. The number of ketones is 1. The molecule has 0 saturated heterocycles. The van der Waals surface area contributed by atoms with Crippen molar-refractivity contribution < 1.29 is 39.9 Å². The van der Waals surface area contributed by atoms with Gasteiger partial charge in [-0.2, -0.15) is 0 Å². The van der Waals surface area contributed by atoms with Crippen molar-refractivity contribution in [2.45, 2.75) is 18.6 Å². The van der Waals surface area contributed by atoms with E-state index in [1.54, 1.807) is 0 Å². The highest BCUT2D eigenvalue weighted by Gasteiger charge is 2.20. The van der Waals surface area contributed by atoms with Gasteiger partial charge >= 0.3 is 11.9 Å². The fraction of sp³-hybridized carbons (Fsp3) is 0.625. The van der Waals surface area contributed by atoms with Crippen LogP contribution in [0.15, 0.2) is 0 Å². The van der Waals surface area contributed by atoms with Crippen LogP contribution >= 0.6 is 0 Å². The zero-order chi connectivity index (χ0) is 14.0. The molecule has 0 heterocycles. The maximum atomic E-state index is 9.98. The molecule has 9 heteroatoms. The second-order valence-corrected chi connectivity index (χ2v) is 2.82. The summed E-state index contributed by atoms with van der Waals surface area (Å²) in [4.78, 5) is 29.5. The number of carbonyl (C=O) groups is 3. The van der Waals surface area contributed by atoms with Crippen molar-refractivity contribution in [2.24, 2.45) is 5.73 Å². The van der Waals surface area contributed by atoms with Gasteiger partial charge in [0.15, 0.2) is 0 Å². The zero-order valence-electron chi connectivity index (χ0n) is 8.81. The van der Waals surface area contributed by atoms with Crippen molar-refractivity contribution >= 4 is 17.7 Å². The van der Waals surface area contributed by atoms with Crippen LogP contribution in [0.5, 0.6) is 0 Å². The SMILES string of the molecule is NC(C(=O)O)C(O)CO.O=C(O)C(=O)CCO. The number of carboxylic acids is 2. The van der Waals surface area contributed by atoms with E-state index in [-0.39, 0.29) is 6.42 Å². The van der Waals surface area contributed by atoms with Gasteiger partial charge < -0.3 is 31.3 Å². The van der Waals surface area contributed by atoms with Gasteiger partial charge in [0, 0.05) is 6.42 Å². The molecule has 0 saturated carbocycles. The van der Waals surface area contributed by atoms with Crippen LogP contribution in [0.25, 0.3) is 0 Å². The minimum Gasteiger partial charge on any atom is -0.480 e. The third-order valence-corrected chi connectivity index (χ3v) is 1.46. The molecular formula is C8H15NO8. The van der Waals surface area contributed by atoms with Gasteiger partial charge in [-0.1, -0.05) is 0 Å². The molecule has 0 bridgehead atoms. The third kappa shape index (κ3) is 9.38.